The molecule has 1 heterocycles. The predicted octanol–water partition coefficient (Wildman–Crippen LogP) is 1.57. The van der Waals surface area contributed by atoms with E-state index in [2.05, 4.69) is 15.5 Å². The smallest absolute Gasteiger partial charge is 0.321 e. The summed E-state index contributed by atoms with van der Waals surface area (Å²) in [5.41, 5.74) is 0.694. The first kappa shape index (κ1) is 19.3. The Labute approximate surface area is 148 Å². The fraction of sp³-hybridized carbons (Fsp3) is 0.556. The minimum absolute atomic E-state index is 0.0158. The lowest BCUT2D eigenvalue weighted by molar-refractivity contribution is -0.121. The fourth-order valence-electron chi connectivity index (χ4n) is 2.88. The highest BCUT2D eigenvalue weighted by Crippen LogP contribution is 2.12. The second kappa shape index (κ2) is 9.48. The van der Waals surface area contributed by atoms with Crippen molar-refractivity contribution in [1.82, 2.24) is 20.4 Å². The summed E-state index contributed by atoms with van der Waals surface area (Å²) < 4.78 is 13.8. The average molecular weight is 350 g/mol. The van der Waals surface area contributed by atoms with Gasteiger partial charge in [0, 0.05) is 31.2 Å². The molecule has 0 aromatic heterocycles. The van der Waals surface area contributed by atoms with E-state index < -0.39 is 6.03 Å². The molecule has 2 rings (SSSR count). The molecule has 0 radical (unpaired) electrons. The number of imide groups is 1. The molecule has 138 valence electrons. The molecule has 0 unspecified atom stereocenters. The highest BCUT2D eigenvalue weighted by molar-refractivity contribution is 5.95. The van der Waals surface area contributed by atoms with Gasteiger partial charge in [0.2, 0.25) is 5.91 Å². The first-order valence-electron chi connectivity index (χ1n) is 8.72. The molecule has 1 aliphatic heterocycles. The second-order valence-corrected chi connectivity index (χ2v) is 6.67. The van der Waals surface area contributed by atoms with Crippen molar-refractivity contribution >= 4 is 11.9 Å². The van der Waals surface area contributed by atoms with E-state index in [4.69, 9.17) is 0 Å². The third kappa shape index (κ3) is 6.80. The molecule has 0 bridgehead atoms. The van der Waals surface area contributed by atoms with Crippen molar-refractivity contribution in [3.05, 3.63) is 35.6 Å². The normalized spacial score (nSPS) is 16.5. The first-order valence-corrected chi connectivity index (χ1v) is 8.72. The molecule has 0 saturated carbocycles. The Hall–Kier alpha value is -1.99. The van der Waals surface area contributed by atoms with Gasteiger partial charge in [0.05, 0.1) is 6.54 Å². The van der Waals surface area contributed by atoms with Crippen LogP contribution in [0.2, 0.25) is 0 Å². The van der Waals surface area contributed by atoms with E-state index in [-0.39, 0.29) is 24.3 Å². The summed E-state index contributed by atoms with van der Waals surface area (Å²) in [6.45, 7) is 7.56. The minimum Gasteiger partial charge on any atom is -0.336 e. The van der Waals surface area contributed by atoms with Gasteiger partial charge in [-0.05, 0) is 39.4 Å². The largest absolute Gasteiger partial charge is 0.336 e. The van der Waals surface area contributed by atoms with Crippen LogP contribution in [0.25, 0.3) is 0 Å². The number of benzene rings is 1. The molecule has 0 atom stereocenters. The fourth-order valence-corrected chi connectivity index (χ4v) is 2.88. The lowest BCUT2D eigenvalue weighted by Crippen LogP contribution is -2.46. The van der Waals surface area contributed by atoms with E-state index >= 15 is 0 Å². The van der Waals surface area contributed by atoms with Crippen LogP contribution in [-0.4, -0.2) is 60.5 Å². The number of nitrogens with one attached hydrogen (secondary N) is 2. The summed E-state index contributed by atoms with van der Waals surface area (Å²) in [5, 5.41) is 4.97. The molecule has 0 aliphatic carbocycles. The quantitative estimate of drug-likeness (QED) is 0.846. The van der Waals surface area contributed by atoms with E-state index in [0.717, 1.165) is 26.1 Å². The molecule has 0 spiro atoms. The summed E-state index contributed by atoms with van der Waals surface area (Å²) >= 11 is 0. The summed E-state index contributed by atoms with van der Waals surface area (Å²) in [5.74, 6) is -0.486. The van der Waals surface area contributed by atoms with Crippen LogP contribution < -0.4 is 10.6 Å². The molecule has 7 heteroatoms. The molecule has 1 aromatic carbocycles. The van der Waals surface area contributed by atoms with E-state index in [9.17, 15) is 14.0 Å². The van der Waals surface area contributed by atoms with Crippen LogP contribution in [0.5, 0.6) is 0 Å². The standard InChI is InChI=1S/C18H27FN4O2/c1-14(2)20-18(25)21-17(24)13-23-9-5-8-22(10-11-23)12-15-6-3-4-7-16(15)19/h3-4,6-7,14H,5,8-13H2,1-2H3,(H2,20,21,24,25). The van der Waals surface area contributed by atoms with E-state index in [1.807, 2.05) is 24.8 Å². The third-order valence-electron chi connectivity index (χ3n) is 4.07. The van der Waals surface area contributed by atoms with E-state index in [0.29, 0.717) is 18.7 Å². The van der Waals surface area contributed by atoms with Gasteiger partial charge in [0.25, 0.3) is 0 Å². The van der Waals surface area contributed by atoms with Gasteiger partial charge in [-0.25, -0.2) is 9.18 Å². The molecular weight excluding hydrogens is 323 g/mol. The van der Waals surface area contributed by atoms with Crippen LogP contribution in [0.15, 0.2) is 24.3 Å². The molecule has 2 N–H and O–H groups in total. The van der Waals surface area contributed by atoms with Gasteiger partial charge < -0.3 is 5.32 Å². The second-order valence-electron chi connectivity index (χ2n) is 6.67. The zero-order valence-electron chi connectivity index (χ0n) is 14.9. The lowest BCUT2D eigenvalue weighted by atomic mass is 10.2. The van der Waals surface area contributed by atoms with Crippen molar-refractivity contribution < 1.29 is 14.0 Å². The summed E-state index contributed by atoms with van der Waals surface area (Å²) in [4.78, 5) is 27.7. The molecule has 1 fully saturated rings. The van der Waals surface area contributed by atoms with Crippen molar-refractivity contribution in [2.45, 2.75) is 32.9 Å². The first-order chi connectivity index (χ1) is 11.9. The number of urea groups is 1. The van der Waals surface area contributed by atoms with Gasteiger partial charge in [-0.3, -0.25) is 19.9 Å². The van der Waals surface area contributed by atoms with Gasteiger partial charge in [0.15, 0.2) is 0 Å². The number of hydrogen-bond acceptors (Lipinski definition) is 4. The van der Waals surface area contributed by atoms with Crippen molar-refractivity contribution in [2.24, 2.45) is 0 Å². The van der Waals surface area contributed by atoms with E-state index in [1.54, 1.807) is 12.1 Å². The number of halogens is 1. The number of carbonyl (C=O) groups is 2. The van der Waals surface area contributed by atoms with Gasteiger partial charge in [0.1, 0.15) is 5.82 Å². The Morgan fingerprint density at radius 2 is 1.80 bits per heavy atom. The monoisotopic (exact) mass is 350 g/mol. The van der Waals surface area contributed by atoms with Gasteiger partial charge >= 0.3 is 6.03 Å². The average Bonchev–Trinajstić information content (AvgIpc) is 2.74. The molecule has 3 amide bonds. The summed E-state index contributed by atoms with van der Waals surface area (Å²) in [6, 6.07) is 6.34. The van der Waals surface area contributed by atoms with Crippen LogP contribution in [0.4, 0.5) is 9.18 Å². The Bertz CT molecular complexity index is 594. The molecule has 25 heavy (non-hydrogen) atoms. The summed E-state index contributed by atoms with van der Waals surface area (Å²) in [6.07, 6.45) is 0.903. The van der Waals surface area contributed by atoms with Crippen LogP contribution in [0.1, 0.15) is 25.8 Å². The zero-order chi connectivity index (χ0) is 18.2. The number of amides is 3. The van der Waals surface area contributed by atoms with Crippen molar-refractivity contribution in [3.8, 4) is 0 Å². The highest BCUT2D eigenvalue weighted by Gasteiger charge is 2.19. The Morgan fingerprint density at radius 3 is 2.52 bits per heavy atom. The number of rotatable bonds is 5. The Kier molecular flexibility index (Phi) is 7.33. The topological polar surface area (TPSA) is 64.7 Å². The maximum atomic E-state index is 13.8. The van der Waals surface area contributed by atoms with E-state index in [1.165, 1.54) is 6.07 Å². The highest BCUT2D eigenvalue weighted by atomic mass is 19.1. The zero-order valence-corrected chi connectivity index (χ0v) is 14.9. The van der Waals surface area contributed by atoms with Crippen LogP contribution >= 0.6 is 0 Å². The third-order valence-corrected chi connectivity index (χ3v) is 4.07. The van der Waals surface area contributed by atoms with Crippen LogP contribution in [0.3, 0.4) is 0 Å². The van der Waals surface area contributed by atoms with Crippen molar-refractivity contribution in [2.75, 3.05) is 32.7 Å². The van der Waals surface area contributed by atoms with Gasteiger partial charge in [-0.15, -0.1) is 0 Å². The van der Waals surface area contributed by atoms with Gasteiger partial charge in [-0.2, -0.15) is 0 Å². The van der Waals surface area contributed by atoms with Crippen LogP contribution in [-0.2, 0) is 11.3 Å². The Balaban J connectivity index is 1.78. The molecule has 1 saturated heterocycles. The number of nitrogens with zero attached hydrogens (tertiary/aromatic N) is 2. The maximum Gasteiger partial charge on any atom is 0.321 e. The molecule has 1 aliphatic rings. The van der Waals surface area contributed by atoms with Crippen molar-refractivity contribution in [1.29, 1.82) is 0 Å². The SMILES string of the molecule is CC(C)NC(=O)NC(=O)CN1CCCN(Cc2ccccc2F)CC1. The lowest BCUT2D eigenvalue weighted by Gasteiger charge is -2.21. The predicted molar refractivity (Wildman–Crippen MR) is 94.5 cm³/mol. The number of hydrogen-bond donors (Lipinski definition) is 2. The summed E-state index contributed by atoms with van der Waals surface area (Å²) in [7, 11) is 0. The molecular formula is C18H27FN4O2. The Morgan fingerprint density at radius 1 is 1.12 bits per heavy atom. The van der Waals surface area contributed by atoms with Crippen molar-refractivity contribution in [3.63, 3.8) is 0 Å². The maximum absolute atomic E-state index is 13.8. The molecule has 6 nitrogen and oxygen atoms in total. The van der Waals surface area contributed by atoms with Gasteiger partial charge in [-0.1, -0.05) is 18.2 Å². The van der Waals surface area contributed by atoms with Crippen LogP contribution in [0, 0.1) is 5.82 Å². The minimum atomic E-state index is -0.462. The molecule has 1 aromatic rings. The number of carbonyl (C=O) groups excluding carboxylic acids is 2.